The fourth-order valence-corrected chi connectivity index (χ4v) is 2.88. The number of halogens is 1. The topological polar surface area (TPSA) is 67.9 Å². The van der Waals surface area contributed by atoms with Gasteiger partial charge in [0.25, 0.3) is 5.91 Å². The van der Waals surface area contributed by atoms with E-state index in [0.29, 0.717) is 42.3 Å². The number of carbonyl (C=O) groups excluding carboxylic acids is 2. The molecule has 0 saturated carbocycles. The van der Waals surface area contributed by atoms with E-state index in [1.165, 1.54) is 7.11 Å². The molecule has 1 saturated heterocycles. The molecular formula is C18H25ClN2O4. The van der Waals surface area contributed by atoms with Crippen LogP contribution < -0.4 is 10.1 Å². The summed E-state index contributed by atoms with van der Waals surface area (Å²) in [5.74, 6) is 0.371. The van der Waals surface area contributed by atoms with Gasteiger partial charge in [-0.05, 0) is 51.8 Å². The van der Waals surface area contributed by atoms with Crippen LogP contribution in [-0.2, 0) is 4.74 Å². The summed E-state index contributed by atoms with van der Waals surface area (Å²) in [5.41, 5.74) is -0.0308. The molecule has 25 heavy (non-hydrogen) atoms. The highest BCUT2D eigenvalue weighted by atomic mass is 35.5. The Balaban J connectivity index is 1.92. The predicted molar refractivity (Wildman–Crippen MR) is 96.3 cm³/mol. The number of amides is 2. The van der Waals surface area contributed by atoms with Crippen molar-refractivity contribution in [2.75, 3.05) is 20.2 Å². The lowest BCUT2D eigenvalue weighted by atomic mass is 10.0. The summed E-state index contributed by atoms with van der Waals surface area (Å²) in [6, 6.07) is 4.99. The molecule has 2 rings (SSSR count). The van der Waals surface area contributed by atoms with E-state index in [9.17, 15) is 9.59 Å². The third-order valence-electron chi connectivity index (χ3n) is 3.90. The number of hydrogen-bond acceptors (Lipinski definition) is 4. The van der Waals surface area contributed by atoms with Crippen LogP contribution in [0.4, 0.5) is 4.79 Å². The standard InChI is InChI=1S/C18H25ClN2O4/c1-18(2,3)25-17(23)20-13-7-9-21(10-8-13)16(22)14-6-5-12(19)11-15(14)24-4/h5-6,11,13H,7-10H2,1-4H3,(H,20,23). The number of piperidine rings is 1. The van der Waals surface area contributed by atoms with Crippen molar-refractivity contribution in [3.63, 3.8) is 0 Å². The van der Waals surface area contributed by atoms with E-state index in [0.717, 1.165) is 0 Å². The van der Waals surface area contributed by atoms with Gasteiger partial charge >= 0.3 is 6.09 Å². The fraction of sp³-hybridized carbons (Fsp3) is 0.556. The van der Waals surface area contributed by atoms with E-state index in [1.807, 2.05) is 20.8 Å². The van der Waals surface area contributed by atoms with Gasteiger partial charge in [-0.2, -0.15) is 0 Å². The molecule has 1 heterocycles. The van der Waals surface area contributed by atoms with Gasteiger partial charge in [0, 0.05) is 24.2 Å². The summed E-state index contributed by atoms with van der Waals surface area (Å²) in [6.07, 6.45) is 0.943. The van der Waals surface area contributed by atoms with Crippen molar-refractivity contribution in [3.05, 3.63) is 28.8 Å². The molecule has 1 aliphatic rings. The summed E-state index contributed by atoms with van der Waals surface area (Å²) in [7, 11) is 1.51. The third-order valence-corrected chi connectivity index (χ3v) is 4.13. The minimum atomic E-state index is -0.522. The van der Waals surface area contributed by atoms with E-state index in [1.54, 1.807) is 23.1 Å². The molecule has 6 nitrogen and oxygen atoms in total. The highest BCUT2D eigenvalue weighted by Gasteiger charge is 2.27. The fourth-order valence-electron chi connectivity index (χ4n) is 2.71. The molecule has 1 aromatic rings. The number of rotatable bonds is 3. The van der Waals surface area contributed by atoms with Crippen LogP contribution in [0.25, 0.3) is 0 Å². The first-order chi connectivity index (χ1) is 11.7. The van der Waals surface area contributed by atoms with Crippen LogP contribution in [0.15, 0.2) is 18.2 Å². The molecule has 0 unspecified atom stereocenters. The van der Waals surface area contributed by atoms with Gasteiger partial charge in [-0.25, -0.2) is 4.79 Å². The smallest absolute Gasteiger partial charge is 0.407 e. The first-order valence-corrected chi connectivity index (χ1v) is 8.70. The Bertz CT molecular complexity index is 634. The van der Waals surface area contributed by atoms with E-state index >= 15 is 0 Å². The number of hydrogen-bond donors (Lipinski definition) is 1. The molecule has 0 bridgehead atoms. The number of carbonyl (C=O) groups is 2. The molecular weight excluding hydrogens is 344 g/mol. The van der Waals surface area contributed by atoms with Gasteiger partial charge in [-0.15, -0.1) is 0 Å². The Morgan fingerprint density at radius 2 is 1.88 bits per heavy atom. The minimum Gasteiger partial charge on any atom is -0.496 e. The zero-order valence-corrected chi connectivity index (χ0v) is 15.9. The number of nitrogens with zero attached hydrogens (tertiary/aromatic N) is 1. The molecule has 0 aliphatic carbocycles. The van der Waals surface area contributed by atoms with E-state index in [2.05, 4.69) is 5.32 Å². The highest BCUT2D eigenvalue weighted by molar-refractivity contribution is 6.30. The number of nitrogens with one attached hydrogen (secondary N) is 1. The maximum absolute atomic E-state index is 12.7. The van der Waals surface area contributed by atoms with Crippen LogP contribution in [-0.4, -0.2) is 48.7 Å². The van der Waals surface area contributed by atoms with Crippen molar-refractivity contribution in [1.29, 1.82) is 0 Å². The molecule has 1 fully saturated rings. The van der Waals surface area contributed by atoms with Crippen LogP contribution in [0.1, 0.15) is 44.0 Å². The van der Waals surface area contributed by atoms with Gasteiger partial charge < -0.3 is 19.7 Å². The minimum absolute atomic E-state index is 0.00557. The molecule has 138 valence electrons. The molecule has 2 amide bonds. The van der Waals surface area contributed by atoms with Gasteiger partial charge in [0.15, 0.2) is 0 Å². The van der Waals surface area contributed by atoms with Crippen molar-refractivity contribution in [2.24, 2.45) is 0 Å². The normalized spacial score (nSPS) is 15.6. The maximum atomic E-state index is 12.7. The Labute approximate surface area is 153 Å². The number of benzene rings is 1. The van der Waals surface area contributed by atoms with Crippen LogP contribution in [0, 0.1) is 0 Å². The van der Waals surface area contributed by atoms with E-state index in [4.69, 9.17) is 21.1 Å². The van der Waals surface area contributed by atoms with Crippen molar-refractivity contribution < 1.29 is 19.1 Å². The molecule has 0 atom stereocenters. The molecule has 0 aromatic heterocycles. The summed E-state index contributed by atoms with van der Waals surface area (Å²) in [5, 5.41) is 3.39. The van der Waals surface area contributed by atoms with E-state index < -0.39 is 11.7 Å². The van der Waals surface area contributed by atoms with Crippen molar-refractivity contribution in [2.45, 2.75) is 45.3 Å². The number of ether oxygens (including phenoxy) is 2. The molecule has 1 aromatic carbocycles. The molecule has 0 radical (unpaired) electrons. The Kier molecular flexibility index (Phi) is 6.16. The average molecular weight is 369 g/mol. The lowest BCUT2D eigenvalue weighted by Gasteiger charge is -2.33. The zero-order chi connectivity index (χ0) is 18.6. The maximum Gasteiger partial charge on any atom is 0.407 e. The number of alkyl carbamates (subject to hydrolysis) is 1. The second-order valence-corrected chi connectivity index (χ2v) is 7.49. The molecule has 1 aliphatic heterocycles. The van der Waals surface area contributed by atoms with Crippen LogP contribution >= 0.6 is 11.6 Å². The van der Waals surface area contributed by atoms with Crippen molar-refractivity contribution >= 4 is 23.6 Å². The Morgan fingerprint density at radius 1 is 1.24 bits per heavy atom. The van der Waals surface area contributed by atoms with Gasteiger partial charge in [-0.3, -0.25) is 4.79 Å². The van der Waals surface area contributed by atoms with Gasteiger partial charge in [0.2, 0.25) is 0 Å². The van der Waals surface area contributed by atoms with Crippen LogP contribution in [0.2, 0.25) is 5.02 Å². The van der Waals surface area contributed by atoms with Crippen molar-refractivity contribution in [3.8, 4) is 5.75 Å². The molecule has 1 N–H and O–H groups in total. The second kappa shape index (κ2) is 7.95. The summed E-state index contributed by atoms with van der Waals surface area (Å²) in [4.78, 5) is 26.3. The Hall–Kier alpha value is -1.95. The average Bonchev–Trinajstić information content (AvgIpc) is 2.53. The zero-order valence-electron chi connectivity index (χ0n) is 15.1. The summed E-state index contributed by atoms with van der Waals surface area (Å²) < 4.78 is 10.5. The van der Waals surface area contributed by atoms with Gasteiger partial charge in [-0.1, -0.05) is 11.6 Å². The first-order valence-electron chi connectivity index (χ1n) is 8.32. The van der Waals surface area contributed by atoms with Gasteiger partial charge in [0.1, 0.15) is 11.4 Å². The van der Waals surface area contributed by atoms with Gasteiger partial charge in [0.05, 0.1) is 12.7 Å². The lowest BCUT2D eigenvalue weighted by Crippen LogP contribution is -2.47. The highest BCUT2D eigenvalue weighted by Crippen LogP contribution is 2.25. The summed E-state index contributed by atoms with van der Waals surface area (Å²) in [6.45, 7) is 6.60. The Morgan fingerprint density at radius 3 is 2.44 bits per heavy atom. The van der Waals surface area contributed by atoms with Crippen LogP contribution in [0.3, 0.4) is 0 Å². The number of likely N-dealkylation sites (tertiary alicyclic amines) is 1. The first kappa shape index (κ1) is 19.4. The number of methoxy groups -OCH3 is 1. The van der Waals surface area contributed by atoms with Crippen molar-refractivity contribution in [1.82, 2.24) is 10.2 Å². The molecule has 0 spiro atoms. The second-order valence-electron chi connectivity index (χ2n) is 7.06. The molecule has 7 heteroatoms. The predicted octanol–water partition coefficient (Wildman–Crippen LogP) is 3.48. The third kappa shape index (κ3) is 5.53. The SMILES string of the molecule is COc1cc(Cl)ccc1C(=O)N1CCC(NC(=O)OC(C)(C)C)CC1. The lowest BCUT2D eigenvalue weighted by molar-refractivity contribution is 0.0473. The largest absolute Gasteiger partial charge is 0.496 e. The quantitative estimate of drug-likeness (QED) is 0.886. The summed E-state index contributed by atoms with van der Waals surface area (Å²) >= 11 is 5.94. The van der Waals surface area contributed by atoms with E-state index in [-0.39, 0.29) is 11.9 Å². The monoisotopic (exact) mass is 368 g/mol. The van der Waals surface area contributed by atoms with Crippen LogP contribution in [0.5, 0.6) is 5.75 Å².